The fourth-order valence-electron chi connectivity index (χ4n) is 2.28. The van der Waals surface area contributed by atoms with Crippen LogP contribution in [0.1, 0.15) is 15.9 Å². The summed E-state index contributed by atoms with van der Waals surface area (Å²) in [4.78, 5) is 23.8. The Kier molecular flexibility index (Phi) is 6.99. The second kappa shape index (κ2) is 9.42. The molecule has 0 aliphatic heterocycles. The van der Waals surface area contributed by atoms with E-state index in [4.69, 9.17) is 18.9 Å². The minimum atomic E-state index is -0.714. The van der Waals surface area contributed by atoms with Gasteiger partial charge >= 0.3 is 5.97 Å². The standard InChI is InChI=1S/C19H20FNO6/c1-24-15-9-17(26-3)16(25-2)8-13(15)10-21-18(22)11-27-19(23)12-4-6-14(20)7-5-12/h4-9H,10-11H2,1-3H3,(H,21,22). The molecular weight excluding hydrogens is 357 g/mol. The Morgan fingerprint density at radius 2 is 1.52 bits per heavy atom. The van der Waals surface area contributed by atoms with E-state index in [1.54, 1.807) is 12.1 Å². The first-order valence-corrected chi connectivity index (χ1v) is 7.96. The zero-order valence-corrected chi connectivity index (χ0v) is 15.2. The maximum atomic E-state index is 12.8. The number of methoxy groups -OCH3 is 3. The molecule has 27 heavy (non-hydrogen) atoms. The van der Waals surface area contributed by atoms with E-state index in [1.807, 2.05) is 0 Å². The van der Waals surface area contributed by atoms with Crippen molar-refractivity contribution in [1.82, 2.24) is 5.32 Å². The largest absolute Gasteiger partial charge is 0.496 e. The Morgan fingerprint density at radius 3 is 2.11 bits per heavy atom. The molecule has 0 radical (unpaired) electrons. The van der Waals surface area contributed by atoms with Crippen molar-refractivity contribution in [2.24, 2.45) is 0 Å². The van der Waals surface area contributed by atoms with Crippen molar-refractivity contribution in [3.63, 3.8) is 0 Å². The van der Waals surface area contributed by atoms with E-state index >= 15 is 0 Å². The topological polar surface area (TPSA) is 83.1 Å². The molecule has 0 fully saturated rings. The van der Waals surface area contributed by atoms with Crippen molar-refractivity contribution in [2.75, 3.05) is 27.9 Å². The van der Waals surface area contributed by atoms with Crippen LogP contribution in [0.25, 0.3) is 0 Å². The monoisotopic (exact) mass is 377 g/mol. The van der Waals surface area contributed by atoms with Crippen molar-refractivity contribution in [2.45, 2.75) is 6.54 Å². The van der Waals surface area contributed by atoms with Crippen LogP contribution in [0.2, 0.25) is 0 Å². The van der Waals surface area contributed by atoms with Gasteiger partial charge in [0, 0.05) is 18.2 Å². The van der Waals surface area contributed by atoms with E-state index in [1.165, 1.54) is 33.5 Å². The molecule has 0 heterocycles. The summed E-state index contributed by atoms with van der Waals surface area (Å²) in [6.45, 7) is -0.331. The summed E-state index contributed by atoms with van der Waals surface area (Å²) >= 11 is 0. The molecule has 0 bridgehead atoms. The molecule has 2 rings (SSSR count). The second-order valence-corrected chi connectivity index (χ2v) is 5.38. The molecule has 0 spiro atoms. The van der Waals surface area contributed by atoms with Crippen LogP contribution in [0.5, 0.6) is 17.2 Å². The predicted molar refractivity (Wildman–Crippen MR) is 94.6 cm³/mol. The summed E-state index contributed by atoms with van der Waals surface area (Å²) in [5.41, 5.74) is 0.819. The minimum Gasteiger partial charge on any atom is -0.496 e. The Hall–Kier alpha value is -3.29. The second-order valence-electron chi connectivity index (χ2n) is 5.38. The van der Waals surface area contributed by atoms with Crippen LogP contribution in [0.15, 0.2) is 36.4 Å². The Labute approximate surface area is 156 Å². The van der Waals surface area contributed by atoms with E-state index in [2.05, 4.69) is 5.32 Å². The zero-order valence-electron chi connectivity index (χ0n) is 15.2. The van der Waals surface area contributed by atoms with Gasteiger partial charge in [-0.3, -0.25) is 4.79 Å². The fourth-order valence-corrected chi connectivity index (χ4v) is 2.28. The van der Waals surface area contributed by atoms with E-state index < -0.39 is 24.3 Å². The van der Waals surface area contributed by atoms with Gasteiger partial charge in [0.25, 0.3) is 5.91 Å². The number of rotatable bonds is 8. The highest BCUT2D eigenvalue weighted by atomic mass is 19.1. The number of carbonyl (C=O) groups is 2. The molecule has 8 heteroatoms. The van der Waals surface area contributed by atoms with Crippen LogP contribution >= 0.6 is 0 Å². The van der Waals surface area contributed by atoms with Crippen LogP contribution in [-0.2, 0) is 16.1 Å². The molecule has 0 unspecified atom stereocenters. The van der Waals surface area contributed by atoms with Crippen LogP contribution < -0.4 is 19.5 Å². The number of halogens is 1. The zero-order chi connectivity index (χ0) is 19.8. The first kappa shape index (κ1) is 20.0. The number of hydrogen-bond acceptors (Lipinski definition) is 6. The molecule has 0 aliphatic carbocycles. The van der Waals surface area contributed by atoms with Crippen molar-refractivity contribution >= 4 is 11.9 Å². The maximum absolute atomic E-state index is 12.8. The lowest BCUT2D eigenvalue weighted by Gasteiger charge is -2.14. The number of esters is 1. The average Bonchev–Trinajstić information content (AvgIpc) is 2.70. The van der Waals surface area contributed by atoms with Crippen LogP contribution in [-0.4, -0.2) is 39.8 Å². The quantitative estimate of drug-likeness (QED) is 0.711. The van der Waals surface area contributed by atoms with E-state index in [0.717, 1.165) is 12.1 Å². The van der Waals surface area contributed by atoms with Gasteiger partial charge < -0.3 is 24.3 Å². The Bertz CT molecular complexity index is 807. The minimum absolute atomic E-state index is 0.135. The fraction of sp³-hybridized carbons (Fsp3) is 0.263. The molecule has 0 atom stereocenters. The Balaban J connectivity index is 1.93. The molecule has 1 amide bonds. The number of carbonyl (C=O) groups excluding carboxylic acids is 2. The van der Waals surface area contributed by atoms with Gasteiger partial charge in [0.1, 0.15) is 11.6 Å². The first-order chi connectivity index (χ1) is 13.0. The number of ether oxygens (including phenoxy) is 4. The van der Waals surface area contributed by atoms with Gasteiger partial charge in [-0.25, -0.2) is 9.18 Å². The van der Waals surface area contributed by atoms with Crippen molar-refractivity contribution < 1.29 is 32.9 Å². The molecule has 0 saturated carbocycles. The molecule has 7 nitrogen and oxygen atoms in total. The predicted octanol–water partition coefficient (Wildman–Crippen LogP) is 2.32. The van der Waals surface area contributed by atoms with Gasteiger partial charge in [-0.05, 0) is 30.3 Å². The van der Waals surface area contributed by atoms with Crippen molar-refractivity contribution in [1.29, 1.82) is 0 Å². The van der Waals surface area contributed by atoms with Gasteiger partial charge in [-0.1, -0.05) is 0 Å². The van der Waals surface area contributed by atoms with Gasteiger partial charge in [0.2, 0.25) is 0 Å². The molecule has 1 N–H and O–H groups in total. The van der Waals surface area contributed by atoms with E-state index in [-0.39, 0.29) is 12.1 Å². The highest BCUT2D eigenvalue weighted by Crippen LogP contribution is 2.34. The van der Waals surface area contributed by atoms with Crippen molar-refractivity contribution in [3.8, 4) is 17.2 Å². The smallest absolute Gasteiger partial charge is 0.338 e. The first-order valence-electron chi connectivity index (χ1n) is 7.96. The molecule has 2 aromatic rings. The molecular formula is C19H20FNO6. The van der Waals surface area contributed by atoms with Gasteiger partial charge in [0.05, 0.1) is 26.9 Å². The van der Waals surface area contributed by atoms with E-state index in [0.29, 0.717) is 22.8 Å². The highest BCUT2D eigenvalue weighted by Gasteiger charge is 2.14. The normalized spacial score (nSPS) is 10.1. The summed E-state index contributed by atoms with van der Waals surface area (Å²) in [6.07, 6.45) is 0. The maximum Gasteiger partial charge on any atom is 0.338 e. The number of benzene rings is 2. The summed E-state index contributed by atoms with van der Waals surface area (Å²) in [7, 11) is 4.51. The number of hydrogen-bond donors (Lipinski definition) is 1. The molecule has 0 aromatic heterocycles. The number of nitrogens with one attached hydrogen (secondary N) is 1. The third-order valence-electron chi connectivity index (χ3n) is 3.68. The van der Waals surface area contributed by atoms with Crippen LogP contribution in [0.3, 0.4) is 0 Å². The van der Waals surface area contributed by atoms with Gasteiger partial charge in [-0.15, -0.1) is 0 Å². The Morgan fingerprint density at radius 1 is 0.926 bits per heavy atom. The van der Waals surface area contributed by atoms with Crippen LogP contribution in [0, 0.1) is 5.82 Å². The third-order valence-corrected chi connectivity index (χ3v) is 3.68. The third kappa shape index (κ3) is 5.34. The number of amides is 1. The summed E-state index contributed by atoms with van der Waals surface area (Å²) < 4.78 is 33.5. The molecule has 0 saturated heterocycles. The molecule has 144 valence electrons. The average molecular weight is 377 g/mol. The lowest BCUT2D eigenvalue weighted by molar-refractivity contribution is -0.124. The van der Waals surface area contributed by atoms with Crippen molar-refractivity contribution in [3.05, 3.63) is 53.3 Å². The SMILES string of the molecule is COc1cc(OC)c(OC)cc1CNC(=O)COC(=O)c1ccc(F)cc1. The lowest BCUT2D eigenvalue weighted by atomic mass is 10.1. The highest BCUT2D eigenvalue weighted by molar-refractivity contribution is 5.91. The van der Waals surface area contributed by atoms with Gasteiger partial charge in [-0.2, -0.15) is 0 Å². The molecule has 2 aromatic carbocycles. The summed E-state index contributed by atoms with van der Waals surface area (Å²) in [5.74, 6) is -0.177. The lowest BCUT2D eigenvalue weighted by Crippen LogP contribution is -2.28. The summed E-state index contributed by atoms with van der Waals surface area (Å²) in [6, 6.07) is 8.17. The molecule has 0 aliphatic rings. The summed E-state index contributed by atoms with van der Waals surface area (Å²) in [5, 5.41) is 2.63. The van der Waals surface area contributed by atoms with Crippen LogP contribution in [0.4, 0.5) is 4.39 Å². The van der Waals surface area contributed by atoms with E-state index in [9.17, 15) is 14.0 Å². The van der Waals surface area contributed by atoms with Gasteiger partial charge in [0.15, 0.2) is 18.1 Å².